The summed E-state index contributed by atoms with van der Waals surface area (Å²) in [5.41, 5.74) is 42.8. The van der Waals surface area contributed by atoms with Crippen LogP contribution in [0.15, 0.2) is 461 Å². The van der Waals surface area contributed by atoms with Gasteiger partial charge < -0.3 is 9.80 Å². The average molecular weight is 1580 g/mol. The summed E-state index contributed by atoms with van der Waals surface area (Å²) in [6.07, 6.45) is 0. The normalized spacial score (nSPS) is 12.6. The van der Waals surface area contributed by atoms with Crippen LogP contribution in [0.4, 0.5) is 34.1 Å². The van der Waals surface area contributed by atoms with E-state index in [1.807, 2.05) is 0 Å². The summed E-state index contributed by atoms with van der Waals surface area (Å²) in [5.74, 6) is 0. The van der Waals surface area contributed by atoms with Gasteiger partial charge in [0.15, 0.2) is 0 Å². The van der Waals surface area contributed by atoms with Crippen LogP contribution in [-0.2, 0) is 10.8 Å². The standard InChI is InChI=1S/C122H88N2/c1-121(2)112-49-24-23-43-106(112)107-74-64-93(79-114(107)121)83-59-69-97(70-60-83)123(117-51-27-47-104(88-33-13-7-14-34-88)119(117)109-44-21-19-40-100(109)85-29-9-5-10-30-85)96-67-57-82(58-68-96)81-53-55-90(56-54-81)99-46-25-39-95-77-91(63-73-102(95)99)92-66-76-113-111(78-92)108-75-65-94(80-115(108)122(113,3)4)84-61-71-98(72-62-84)124(116-50-26-38-87-37-17-18-42-103(87)116)118-52-28-48-105(89-35-15-8-16-36-89)120(118)110-45-22-20-41-101(110)86-31-11-6-12-32-86/h5-80H,1-4H3. The Kier molecular flexibility index (Phi) is 18.7. The quantitative estimate of drug-likeness (QED) is 0.0896. The topological polar surface area (TPSA) is 6.48 Å². The molecule has 2 heteroatoms. The zero-order chi connectivity index (χ0) is 83.0. The molecule has 0 saturated heterocycles. The Morgan fingerprint density at radius 3 is 1.01 bits per heavy atom. The van der Waals surface area contributed by atoms with Gasteiger partial charge in [0.1, 0.15) is 0 Å². The van der Waals surface area contributed by atoms with Crippen LogP contribution in [0, 0.1) is 0 Å². The Morgan fingerprint density at radius 2 is 0.468 bits per heavy atom. The molecular formula is C122H88N2. The Hall–Kier alpha value is -15.5. The fraction of sp³-hybridized carbons (Fsp3) is 0.0492. The molecule has 22 rings (SSSR count). The van der Waals surface area contributed by atoms with Crippen molar-refractivity contribution in [2.45, 2.75) is 38.5 Å². The summed E-state index contributed by atoms with van der Waals surface area (Å²) < 4.78 is 0. The second kappa shape index (κ2) is 31.0. The molecule has 0 aromatic heterocycles. The number of hydrogen-bond acceptors (Lipinski definition) is 2. The third-order valence-corrected chi connectivity index (χ3v) is 26.4. The molecule has 124 heavy (non-hydrogen) atoms. The van der Waals surface area contributed by atoms with Crippen LogP contribution in [-0.4, -0.2) is 0 Å². The fourth-order valence-corrected chi connectivity index (χ4v) is 20.1. The van der Waals surface area contributed by atoms with Crippen LogP contribution >= 0.6 is 0 Å². The summed E-state index contributed by atoms with van der Waals surface area (Å²) in [5, 5.41) is 4.80. The van der Waals surface area contributed by atoms with Crippen LogP contribution in [0.3, 0.4) is 0 Å². The molecule has 0 atom stereocenters. The molecule has 0 aliphatic heterocycles. The average Bonchev–Trinajstić information content (AvgIpc) is 1.60. The highest BCUT2D eigenvalue weighted by Crippen LogP contribution is 2.56. The maximum Gasteiger partial charge on any atom is 0.0546 e. The second-order valence-electron chi connectivity index (χ2n) is 34.2. The highest BCUT2D eigenvalue weighted by Gasteiger charge is 2.38. The van der Waals surface area contributed by atoms with Gasteiger partial charge in [-0.1, -0.05) is 410 Å². The Labute approximate surface area is 726 Å². The van der Waals surface area contributed by atoms with Crippen molar-refractivity contribution in [2.24, 2.45) is 0 Å². The lowest BCUT2D eigenvalue weighted by Gasteiger charge is -2.31. The number of fused-ring (bicyclic) bond motifs is 8. The first-order valence-electron chi connectivity index (χ1n) is 43.3. The predicted molar refractivity (Wildman–Crippen MR) is 526 cm³/mol. The largest absolute Gasteiger partial charge is 0.310 e. The third-order valence-electron chi connectivity index (χ3n) is 26.4. The SMILES string of the molecule is CC1(C)c2ccccc2-c2ccc(-c3ccc(N(c4ccc(-c5ccc(-c6cccc7cc(-c8ccc9c(c8)-c8ccc(-c%10ccc(N(c%11cccc(-c%12ccccc%12)c%11-c%11ccccc%11-c%11ccccc%11)c%11cccc%12ccccc%11%12)cc%10)cc8C9(C)C)ccc67)cc5)cc4)c4cccc(-c5ccccc5)c4-c4ccccc4-c4ccccc4)cc3)cc21. The van der Waals surface area contributed by atoms with E-state index < -0.39 is 0 Å². The first-order chi connectivity index (χ1) is 61.0. The van der Waals surface area contributed by atoms with Crippen LogP contribution in [0.25, 0.3) is 166 Å². The number of hydrogen-bond donors (Lipinski definition) is 0. The summed E-state index contributed by atoms with van der Waals surface area (Å²) in [7, 11) is 0. The molecule has 0 heterocycles. The van der Waals surface area contributed by atoms with Gasteiger partial charge in [-0.3, -0.25) is 0 Å². The Morgan fingerprint density at radius 1 is 0.153 bits per heavy atom. The Bertz CT molecular complexity index is 7470. The molecular weight excluding hydrogens is 1490 g/mol. The van der Waals surface area contributed by atoms with Gasteiger partial charge in [0.2, 0.25) is 0 Å². The summed E-state index contributed by atoms with van der Waals surface area (Å²) >= 11 is 0. The molecule has 0 radical (unpaired) electrons. The number of nitrogens with zero attached hydrogens (tertiary/aromatic N) is 2. The van der Waals surface area contributed by atoms with E-state index in [-0.39, 0.29) is 10.8 Å². The van der Waals surface area contributed by atoms with Gasteiger partial charge in [0.25, 0.3) is 0 Å². The molecule has 20 aromatic carbocycles. The monoisotopic (exact) mass is 1580 g/mol. The minimum Gasteiger partial charge on any atom is -0.310 e. The first-order valence-corrected chi connectivity index (χ1v) is 43.3. The third kappa shape index (κ3) is 13.1. The number of benzene rings is 20. The maximum absolute atomic E-state index is 2.49. The highest BCUT2D eigenvalue weighted by atomic mass is 15.2. The summed E-state index contributed by atoms with van der Waals surface area (Å²) in [6.45, 7) is 9.51. The molecule has 0 bridgehead atoms. The molecule has 0 saturated carbocycles. The summed E-state index contributed by atoms with van der Waals surface area (Å²) in [4.78, 5) is 4.95. The zero-order valence-corrected chi connectivity index (χ0v) is 69.8. The molecule has 2 aliphatic rings. The van der Waals surface area contributed by atoms with Gasteiger partial charge in [-0.2, -0.15) is 0 Å². The molecule has 20 aromatic rings. The van der Waals surface area contributed by atoms with Crippen molar-refractivity contribution < 1.29 is 0 Å². The van der Waals surface area contributed by atoms with Crippen molar-refractivity contribution in [3.8, 4) is 145 Å². The number of anilines is 6. The van der Waals surface area contributed by atoms with Crippen molar-refractivity contribution in [3.05, 3.63) is 483 Å². The van der Waals surface area contributed by atoms with Crippen LogP contribution < -0.4 is 9.80 Å². The lowest BCUT2D eigenvalue weighted by Crippen LogP contribution is -2.15. The molecule has 0 fully saturated rings. The predicted octanol–water partition coefficient (Wildman–Crippen LogP) is 33.9. The van der Waals surface area contributed by atoms with E-state index in [9.17, 15) is 0 Å². The van der Waals surface area contributed by atoms with E-state index >= 15 is 0 Å². The highest BCUT2D eigenvalue weighted by molar-refractivity contribution is 6.07. The molecule has 0 spiro atoms. The van der Waals surface area contributed by atoms with E-state index in [0.29, 0.717) is 0 Å². The summed E-state index contributed by atoms with van der Waals surface area (Å²) in [6, 6.07) is 171. The molecule has 0 unspecified atom stereocenters. The van der Waals surface area contributed by atoms with Crippen LogP contribution in [0.1, 0.15) is 49.9 Å². The molecule has 0 N–H and O–H groups in total. The van der Waals surface area contributed by atoms with Crippen LogP contribution in [0.2, 0.25) is 0 Å². The maximum atomic E-state index is 2.49. The van der Waals surface area contributed by atoms with E-state index in [4.69, 9.17) is 0 Å². The van der Waals surface area contributed by atoms with Crippen molar-refractivity contribution >= 4 is 55.7 Å². The molecule has 0 amide bonds. The first kappa shape index (κ1) is 74.8. The van der Waals surface area contributed by atoms with Gasteiger partial charge in [-0.15, -0.1) is 0 Å². The van der Waals surface area contributed by atoms with Crippen molar-refractivity contribution in [2.75, 3.05) is 9.80 Å². The molecule has 2 nitrogen and oxygen atoms in total. The number of rotatable bonds is 17. The van der Waals surface area contributed by atoms with Gasteiger partial charge in [-0.25, -0.2) is 0 Å². The minimum atomic E-state index is -0.221. The second-order valence-corrected chi connectivity index (χ2v) is 34.2. The lowest BCUT2D eigenvalue weighted by molar-refractivity contribution is 0.660. The van der Waals surface area contributed by atoms with Gasteiger partial charge in [-0.05, 0) is 251 Å². The van der Waals surface area contributed by atoms with Gasteiger partial charge in [0.05, 0.1) is 17.1 Å². The van der Waals surface area contributed by atoms with Gasteiger partial charge in [0, 0.05) is 44.4 Å². The van der Waals surface area contributed by atoms with Crippen LogP contribution in [0.5, 0.6) is 0 Å². The van der Waals surface area contributed by atoms with Gasteiger partial charge >= 0.3 is 0 Å². The van der Waals surface area contributed by atoms with E-state index in [2.05, 4.69) is 499 Å². The zero-order valence-electron chi connectivity index (χ0n) is 69.8. The lowest BCUT2D eigenvalue weighted by atomic mass is 9.81. The molecule has 586 valence electrons. The van der Waals surface area contributed by atoms with E-state index in [0.717, 1.165) is 56.4 Å². The minimum absolute atomic E-state index is 0.101. The van der Waals surface area contributed by atoms with Crippen molar-refractivity contribution in [1.29, 1.82) is 0 Å². The Balaban J connectivity index is 0.562. The fourth-order valence-electron chi connectivity index (χ4n) is 20.1. The van der Waals surface area contributed by atoms with E-state index in [1.165, 1.54) is 166 Å². The molecule has 2 aliphatic carbocycles. The van der Waals surface area contributed by atoms with Crippen molar-refractivity contribution in [3.63, 3.8) is 0 Å². The van der Waals surface area contributed by atoms with E-state index in [1.54, 1.807) is 0 Å². The smallest absolute Gasteiger partial charge is 0.0546 e. The van der Waals surface area contributed by atoms with Crippen molar-refractivity contribution in [1.82, 2.24) is 0 Å².